The van der Waals surface area contributed by atoms with E-state index in [1.165, 1.54) is 12.8 Å². The Labute approximate surface area is 178 Å². The van der Waals surface area contributed by atoms with E-state index >= 15 is 0 Å². The Morgan fingerprint density at radius 1 is 1.17 bits per heavy atom. The minimum Gasteiger partial charge on any atom is -0.459 e. The van der Waals surface area contributed by atoms with Crippen molar-refractivity contribution in [3.8, 4) is 0 Å². The van der Waals surface area contributed by atoms with Crippen LogP contribution in [0.25, 0.3) is 10.9 Å². The topological polar surface area (TPSA) is 54.8 Å². The number of ether oxygens (including phenoxy) is 1. The van der Waals surface area contributed by atoms with E-state index in [0.29, 0.717) is 12.1 Å². The molecule has 30 heavy (non-hydrogen) atoms. The molecule has 0 spiro atoms. The van der Waals surface area contributed by atoms with Gasteiger partial charge in [-0.25, -0.2) is 4.79 Å². The molecule has 0 amide bonds. The zero-order valence-electron chi connectivity index (χ0n) is 18.5. The van der Waals surface area contributed by atoms with Crippen molar-refractivity contribution in [2.75, 3.05) is 27.2 Å². The van der Waals surface area contributed by atoms with Crippen molar-refractivity contribution in [3.63, 3.8) is 0 Å². The van der Waals surface area contributed by atoms with E-state index in [1.807, 2.05) is 38.1 Å². The zero-order chi connectivity index (χ0) is 21.4. The first kappa shape index (κ1) is 21.1. The van der Waals surface area contributed by atoms with Gasteiger partial charge in [0.1, 0.15) is 11.7 Å². The molecule has 162 valence electrons. The molecule has 2 fully saturated rings. The minimum atomic E-state index is -0.480. The Morgan fingerprint density at radius 2 is 1.83 bits per heavy atom. The zero-order valence-corrected chi connectivity index (χ0v) is 18.5. The molecule has 2 bridgehead atoms. The van der Waals surface area contributed by atoms with Crippen LogP contribution in [0.4, 0.5) is 0 Å². The summed E-state index contributed by atoms with van der Waals surface area (Å²) < 4.78 is 7.60. The Kier molecular flexibility index (Phi) is 5.98. The maximum Gasteiger partial charge on any atom is 0.344 e. The molecule has 0 radical (unpaired) electrons. The number of esters is 1. The van der Waals surface area contributed by atoms with Crippen LogP contribution in [0.5, 0.6) is 0 Å². The van der Waals surface area contributed by atoms with Gasteiger partial charge in [-0.3, -0.25) is 9.69 Å². The summed E-state index contributed by atoms with van der Waals surface area (Å²) >= 11 is 0. The smallest absolute Gasteiger partial charge is 0.344 e. The number of piperidine rings is 1. The maximum atomic E-state index is 13.1. The average molecular weight is 412 g/mol. The number of fused-ring (bicyclic) bond motifs is 3. The van der Waals surface area contributed by atoms with Gasteiger partial charge < -0.3 is 14.2 Å². The number of benzene rings is 1. The first-order chi connectivity index (χ1) is 14.3. The third-order valence-electron chi connectivity index (χ3n) is 6.60. The predicted molar refractivity (Wildman–Crippen MR) is 119 cm³/mol. The van der Waals surface area contributed by atoms with E-state index < -0.39 is 5.97 Å². The highest BCUT2D eigenvalue weighted by Gasteiger charge is 2.42. The van der Waals surface area contributed by atoms with Gasteiger partial charge in [-0.1, -0.05) is 18.2 Å². The summed E-state index contributed by atoms with van der Waals surface area (Å²) in [4.78, 5) is 30.9. The molecule has 4 rings (SSSR count). The van der Waals surface area contributed by atoms with Crippen LogP contribution in [-0.2, 0) is 4.74 Å². The molecule has 3 heterocycles. The number of para-hydroxylation sites is 1. The van der Waals surface area contributed by atoms with Gasteiger partial charge in [-0.2, -0.15) is 0 Å². The number of rotatable bonds is 6. The molecule has 2 saturated heterocycles. The second-order valence-corrected chi connectivity index (χ2v) is 9.31. The van der Waals surface area contributed by atoms with Crippen LogP contribution in [-0.4, -0.2) is 65.7 Å². The molecule has 1 aromatic carbocycles. The van der Waals surface area contributed by atoms with Crippen LogP contribution >= 0.6 is 0 Å². The molecule has 1 aromatic heterocycles. The Balaban J connectivity index is 1.52. The molecule has 6 nitrogen and oxygen atoms in total. The third-order valence-corrected chi connectivity index (χ3v) is 6.60. The van der Waals surface area contributed by atoms with Crippen LogP contribution in [0.3, 0.4) is 0 Å². The van der Waals surface area contributed by atoms with Crippen LogP contribution in [0.2, 0.25) is 0 Å². The number of hydrogen-bond acceptors (Lipinski definition) is 5. The summed E-state index contributed by atoms with van der Waals surface area (Å²) in [6, 6.07) is 10.3. The van der Waals surface area contributed by atoms with Crippen LogP contribution < -0.4 is 5.56 Å². The largest absolute Gasteiger partial charge is 0.459 e. The molecular formula is C24H33N3O3. The van der Waals surface area contributed by atoms with Gasteiger partial charge in [0.15, 0.2) is 0 Å². The summed E-state index contributed by atoms with van der Waals surface area (Å²) in [6.45, 7) is 6.03. The second kappa shape index (κ2) is 8.52. The van der Waals surface area contributed by atoms with Crippen molar-refractivity contribution in [1.82, 2.24) is 14.4 Å². The van der Waals surface area contributed by atoms with Crippen molar-refractivity contribution in [2.45, 2.75) is 63.8 Å². The number of pyridine rings is 1. The maximum absolute atomic E-state index is 13.1. The summed E-state index contributed by atoms with van der Waals surface area (Å²) in [5.74, 6) is -0.480. The van der Waals surface area contributed by atoms with Gasteiger partial charge in [0, 0.05) is 44.1 Å². The summed E-state index contributed by atoms with van der Waals surface area (Å²) in [7, 11) is 4.20. The van der Waals surface area contributed by atoms with Crippen LogP contribution in [0, 0.1) is 0 Å². The highest BCUT2D eigenvalue weighted by Crippen LogP contribution is 2.36. The predicted octanol–water partition coefficient (Wildman–Crippen LogP) is 3.30. The summed E-state index contributed by atoms with van der Waals surface area (Å²) in [5.41, 5.74) is 0.728. The lowest BCUT2D eigenvalue weighted by Crippen LogP contribution is -2.48. The fourth-order valence-corrected chi connectivity index (χ4v) is 5.16. The third kappa shape index (κ3) is 4.03. The van der Waals surface area contributed by atoms with E-state index in [0.717, 1.165) is 36.8 Å². The second-order valence-electron chi connectivity index (χ2n) is 9.31. The number of hydrogen-bond donors (Lipinski definition) is 0. The monoisotopic (exact) mass is 411 g/mol. The molecule has 0 saturated carbocycles. The lowest BCUT2D eigenvalue weighted by molar-refractivity contribution is -0.00715. The standard InChI is InChI=1S/C24H33N3O3/c1-16(2)27-22-8-6-5-7-17(22)13-21(23(27)28)24(29)30-20-14-18-9-10-19(15-20)26(18)12-11-25(3)4/h5-8,13,16,18-20H,9-12,14-15H2,1-4H3/t18-,19+,20?. The quantitative estimate of drug-likeness (QED) is 0.683. The van der Waals surface area contributed by atoms with E-state index in [4.69, 9.17) is 4.74 Å². The number of carbonyl (C=O) groups is 1. The van der Waals surface area contributed by atoms with Gasteiger partial charge in [0.05, 0.1) is 5.52 Å². The van der Waals surface area contributed by atoms with Gasteiger partial charge in [-0.05, 0) is 58.3 Å². The van der Waals surface area contributed by atoms with Gasteiger partial charge >= 0.3 is 5.97 Å². The van der Waals surface area contributed by atoms with E-state index in [-0.39, 0.29) is 23.3 Å². The molecule has 2 aromatic rings. The molecule has 6 heteroatoms. The molecular weight excluding hydrogens is 378 g/mol. The van der Waals surface area contributed by atoms with E-state index in [1.54, 1.807) is 10.6 Å². The average Bonchev–Trinajstić information content (AvgIpc) is 2.93. The van der Waals surface area contributed by atoms with E-state index in [9.17, 15) is 9.59 Å². The van der Waals surface area contributed by atoms with Gasteiger partial charge in [0.25, 0.3) is 5.56 Å². The number of aromatic nitrogens is 1. The van der Waals surface area contributed by atoms with E-state index in [2.05, 4.69) is 23.9 Å². The molecule has 0 N–H and O–H groups in total. The molecule has 2 aliphatic rings. The fourth-order valence-electron chi connectivity index (χ4n) is 5.16. The van der Waals surface area contributed by atoms with Gasteiger partial charge in [-0.15, -0.1) is 0 Å². The molecule has 3 atom stereocenters. The number of carbonyl (C=O) groups excluding carboxylic acids is 1. The van der Waals surface area contributed by atoms with Crippen molar-refractivity contribution < 1.29 is 9.53 Å². The first-order valence-corrected chi connectivity index (χ1v) is 11.1. The summed E-state index contributed by atoms with van der Waals surface area (Å²) in [6.07, 6.45) is 3.96. The van der Waals surface area contributed by atoms with Crippen LogP contribution in [0.1, 0.15) is 55.9 Å². The van der Waals surface area contributed by atoms with Crippen molar-refractivity contribution in [1.29, 1.82) is 0 Å². The highest BCUT2D eigenvalue weighted by molar-refractivity contribution is 5.94. The van der Waals surface area contributed by atoms with Gasteiger partial charge in [0.2, 0.25) is 0 Å². The summed E-state index contributed by atoms with van der Waals surface area (Å²) in [5, 5.41) is 0.885. The number of likely N-dealkylation sites (N-methyl/N-ethyl adjacent to an activating group) is 1. The number of nitrogens with zero attached hydrogens (tertiary/aromatic N) is 3. The van der Waals surface area contributed by atoms with Crippen molar-refractivity contribution >= 4 is 16.9 Å². The minimum absolute atomic E-state index is 0.0362. The van der Waals surface area contributed by atoms with Crippen molar-refractivity contribution in [2.24, 2.45) is 0 Å². The lowest BCUT2D eigenvalue weighted by Gasteiger charge is -2.39. The lowest BCUT2D eigenvalue weighted by atomic mass is 9.99. The van der Waals surface area contributed by atoms with Crippen LogP contribution in [0.15, 0.2) is 35.1 Å². The first-order valence-electron chi connectivity index (χ1n) is 11.1. The fraction of sp³-hybridized carbons (Fsp3) is 0.583. The Hall–Kier alpha value is -2.18. The SMILES string of the molecule is CC(C)n1c(=O)c(C(=O)OC2C[C@H]3CC[C@@H](C2)N3CCN(C)C)cc2ccccc21. The Bertz CT molecular complexity index is 967. The molecule has 2 aliphatic heterocycles. The normalized spacial score (nSPS) is 24.1. The molecule has 0 aliphatic carbocycles. The van der Waals surface area contributed by atoms with Crippen molar-refractivity contribution in [3.05, 3.63) is 46.2 Å². The highest BCUT2D eigenvalue weighted by atomic mass is 16.5. The molecule has 1 unspecified atom stereocenters. The Morgan fingerprint density at radius 3 is 2.47 bits per heavy atom.